The fourth-order valence-corrected chi connectivity index (χ4v) is 1.77. The van der Waals surface area contributed by atoms with Gasteiger partial charge in [0, 0.05) is 19.2 Å². The molecule has 15 heavy (non-hydrogen) atoms. The number of aliphatic hydroxyl groups excluding tert-OH is 1. The molecule has 82 valence electrons. The molecule has 1 aliphatic rings. The zero-order valence-electron chi connectivity index (χ0n) is 8.64. The number of likely N-dealkylation sites (tertiary alicyclic amines) is 1. The quantitative estimate of drug-likeness (QED) is 0.736. The molecular weight excluding hydrogens is 196 g/mol. The summed E-state index contributed by atoms with van der Waals surface area (Å²) in [7, 11) is 0. The van der Waals surface area contributed by atoms with E-state index in [0.29, 0.717) is 24.5 Å². The molecular formula is C10H14N2O3. The van der Waals surface area contributed by atoms with Gasteiger partial charge in [0.05, 0.1) is 6.10 Å². The van der Waals surface area contributed by atoms with Crippen LogP contribution >= 0.6 is 0 Å². The average molecular weight is 210 g/mol. The van der Waals surface area contributed by atoms with Crippen LogP contribution in [0.15, 0.2) is 10.6 Å². The first-order chi connectivity index (χ1) is 7.16. The van der Waals surface area contributed by atoms with Crippen LogP contribution in [0.3, 0.4) is 0 Å². The van der Waals surface area contributed by atoms with Gasteiger partial charge in [-0.15, -0.1) is 0 Å². The van der Waals surface area contributed by atoms with Gasteiger partial charge in [-0.25, -0.2) is 0 Å². The number of aromatic nitrogens is 1. The molecule has 5 nitrogen and oxygen atoms in total. The standard InChI is InChI=1S/C10H14N2O3/c1-7-5-9(11-15-7)10(14)12-4-2-3-8(13)6-12/h5,8,13H,2-4,6H2,1H3/t8-/m0/s1. The van der Waals surface area contributed by atoms with Crippen LogP contribution in [0.1, 0.15) is 29.1 Å². The lowest BCUT2D eigenvalue weighted by molar-refractivity contribution is 0.0465. The lowest BCUT2D eigenvalue weighted by Gasteiger charge is -2.29. The maximum atomic E-state index is 11.9. The SMILES string of the molecule is Cc1cc(C(=O)N2CCC[C@H](O)C2)no1. The van der Waals surface area contributed by atoms with Gasteiger partial charge in [0.25, 0.3) is 5.91 Å². The molecule has 0 radical (unpaired) electrons. The molecule has 1 aromatic heterocycles. The highest BCUT2D eigenvalue weighted by Gasteiger charge is 2.24. The van der Waals surface area contributed by atoms with Crippen LogP contribution in [0, 0.1) is 6.92 Å². The van der Waals surface area contributed by atoms with E-state index in [1.54, 1.807) is 17.9 Å². The van der Waals surface area contributed by atoms with Crippen molar-refractivity contribution in [3.8, 4) is 0 Å². The van der Waals surface area contributed by atoms with Gasteiger partial charge in [0.2, 0.25) is 0 Å². The Morgan fingerprint density at radius 1 is 1.73 bits per heavy atom. The summed E-state index contributed by atoms with van der Waals surface area (Å²) in [6.45, 7) is 2.82. The average Bonchev–Trinajstić information content (AvgIpc) is 2.64. The summed E-state index contributed by atoms with van der Waals surface area (Å²) in [6.07, 6.45) is 1.20. The van der Waals surface area contributed by atoms with Crippen LogP contribution in [0.25, 0.3) is 0 Å². The van der Waals surface area contributed by atoms with Gasteiger partial charge in [-0.05, 0) is 19.8 Å². The molecule has 5 heteroatoms. The van der Waals surface area contributed by atoms with Crippen molar-refractivity contribution in [1.29, 1.82) is 0 Å². The maximum Gasteiger partial charge on any atom is 0.276 e. The number of carbonyl (C=O) groups excluding carboxylic acids is 1. The summed E-state index contributed by atoms with van der Waals surface area (Å²) in [4.78, 5) is 13.5. The van der Waals surface area contributed by atoms with Crippen molar-refractivity contribution in [2.24, 2.45) is 0 Å². The van der Waals surface area contributed by atoms with Crippen molar-refractivity contribution in [2.45, 2.75) is 25.9 Å². The highest BCUT2D eigenvalue weighted by Crippen LogP contribution is 2.13. The Labute approximate surface area is 87.7 Å². The third kappa shape index (κ3) is 2.18. The monoisotopic (exact) mass is 210 g/mol. The van der Waals surface area contributed by atoms with Crippen LogP contribution < -0.4 is 0 Å². The fourth-order valence-electron chi connectivity index (χ4n) is 1.77. The van der Waals surface area contributed by atoms with E-state index in [0.717, 1.165) is 12.8 Å². The molecule has 2 heterocycles. The molecule has 0 unspecified atom stereocenters. The summed E-state index contributed by atoms with van der Waals surface area (Å²) in [5.74, 6) is 0.460. The molecule has 1 amide bonds. The Balaban J connectivity index is 2.07. The Kier molecular flexibility index (Phi) is 2.73. The van der Waals surface area contributed by atoms with Gasteiger partial charge >= 0.3 is 0 Å². The van der Waals surface area contributed by atoms with Crippen molar-refractivity contribution >= 4 is 5.91 Å². The Morgan fingerprint density at radius 3 is 3.13 bits per heavy atom. The van der Waals surface area contributed by atoms with Gasteiger partial charge < -0.3 is 14.5 Å². The minimum absolute atomic E-state index is 0.161. The van der Waals surface area contributed by atoms with Gasteiger partial charge in [0.1, 0.15) is 5.76 Å². The summed E-state index contributed by atoms with van der Waals surface area (Å²) in [5, 5.41) is 13.1. The van der Waals surface area contributed by atoms with E-state index in [-0.39, 0.29) is 5.91 Å². The Hall–Kier alpha value is -1.36. The zero-order valence-corrected chi connectivity index (χ0v) is 8.64. The van der Waals surface area contributed by atoms with Gasteiger partial charge in [-0.3, -0.25) is 4.79 Å². The van der Waals surface area contributed by atoms with E-state index >= 15 is 0 Å². The summed E-state index contributed by atoms with van der Waals surface area (Å²) in [5.41, 5.74) is 0.321. The second-order valence-electron chi connectivity index (χ2n) is 3.87. The van der Waals surface area contributed by atoms with E-state index < -0.39 is 6.10 Å². The number of piperidine rings is 1. The van der Waals surface area contributed by atoms with Crippen LogP contribution in [-0.4, -0.2) is 40.3 Å². The van der Waals surface area contributed by atoms with E-state index in [4.69, 9.17) is 4.52 Å². The molecule has 1 aliphatic heterocycles. The van der Waals surface area contributed by atoms with Crippen molar-refractivity contribution < 1.29 is 14.4 Å². The first-order valence-corrected chi connectivity index (χ1v) is 5.07. The Morgan fingerprint density at radius 2 is 2.53 bits per heavy atom. The minimum atomic E-state index is -0.407. The number of rotatable bonds is 1. The molecule has 1 N–H and O–H groups in total. The fraction of sp³-hybridized carbons (Fsp3) is 0.600. The summed E-state index contributed by atoms with van der Waals surface area (Å²) >= 11 is 0. The third-order valence-electron chi connectivity index (χ3n) is 2.53. The van der Waals surface area contributed by atoms with Crippen molar-refractivity contribution in [1.82, 2.24) is 10.1 Å². The van der Waals surface area contributed by atoms with Crippen LogP contribution in [0.5, 0.6) is 0 Å². The first kappa shape index (κ1) is 10.2. The van der Waals surface area contributed by atoms with E-state index in [9.17, 15) is 9.90 Å². The smallest absolute Gasteiger partial charge is 0.276 e. The van der Waals surface area contributed by atoms with Crippen molar-refractivity contribution in [2.75, 3.05) is 13.1 Å². The van der Waals surface area contributed by atoms with Crippen LogP contribution in [-0.2, 0) is 0 Å². The molecule has 0 aliphatic carbocycles. The molecule has 0 saturated carbocycles. The minimum Gasteiger partial charge on any atom is -0.391 e. The number of amides is 1. The number of hydrogen-bond acceptors (Lipinski definition) is 4. The number of nitrogens with zero attached hydrogens (tertiary/aromatic N) is 2. The van der Waals surface area contributed by atoms with Gasteiger partial charge in [-0.1, -0.05) is 5.16 Å². The number of β-amino-alcohol motifs (C(OH)–C–C–N with tert-alkyl or cyclic N) is 1. The summed E-state index contributed by atoms with van der Waals surface area (Å²) in [6, 6.07) is 1.61. The molecule has 1 atom stereocenters. The van der Waals surface area contributed by atoms with Crippen LogP contribution in [0.4, 0.5) is 0 Å². The molecule has 1 aromatic rings. The van der Waals surface area contributed by atoms with Crippen LogP contribution in [0.2, 0.25) is 0 Å². The molecule has 0 aromatic carbocycles. The molecule has 0 spiro atoms. The first-order valence-electron chi connectivity index (χ1n) is 5.07. The maximum absolute atomic E-state index is 11.9. The van der Waals surface area contributed by atoms with E-state index in [1.807, 2.05) is 0 Å². The number of carbonyl (C=O) groups is 1. The second-order valence-corrected chi connectivity index (χ2v) is 3.87. The predicted octanol–water partition coefficient (Wildman–Crippen LogP) is 0.580. The molecule has 1 fully saturated rings. The molecule has 1 saturated heterocycles. The molecule has 2 rings (SSSR count). The number of hydrogen-bond donors (Lipinski definition) is 1. The normalized spacial score (nSPS) is 21.7. The summed E-state index contributed by atoms with van der Waals surface area (Å²) < 4.78 is 4.84. The number of aliphatic hydroxyl groups is 1. The van der Waals surface area contributed by atoms with E-state index in [2.05, 4.69) is 5.16 Å². The van der Waals surface area contributed by atoms with E-state index in [1.165, 1.54) is 0 Å². The highest BCUT2D eigenvalue weighted by atomic mass is 16.5. The topological polar surface area (TPSA) is 66.6 Å². The predicted molar refractivity (Wildman–Crippen MR) is 52.4 cm³/mol. The largest absolute Gasteiger partial charge is 0.391 e. The Bertz CT molecular complexity index is 361. The lowest BCUT2D eigenvalue weighted by atomic mass is 10.1. The molecule has 0 bridgehead atoms. The second kappa shape index (κ2) is 4.02. The van der Waals surface area contributed by atoms with Gasteiger partial charge in [-0.2, -0.15) is 0 Å². The highest BCUT2D eigenvalue weighted by molar-refractivity contribution is 5.92. The lowest BCUT2D eigenvalue weighted by Crippen LogP contribution is -2.42. The third-order valence-corrected chi connectivity index (χ3v) is 2.53. The zero-order chi connectivity index (χ0) is 10.8. The van der Waals surface area contributed by atoms with Gasteiger partial charge in [0.15, 0.2) is 5.69 Å². The number of aryl methyl sites for hydroxylation is 1. The van der Waals surface area contributed by atoms with Crippen molar-refractivity contribution in [3.63, 3.8) is 0 Å². The van der Waals surface area contributed by atoms with Crippen molar-refractivity contribution in [3.05, 3.63) is 17.5 Å².